The highest BCUT2D eigenvalue weighted by Gasteiger charge is 2.45. The summed E-state index contributed by atoms with van der Waals surface area (Å²) < 4.78 is 0. The molecule has 8 nitrogen and oxygen atoms in total. The molecule has 0 saturated carbocycles. The van der Waals surface area contributed by atoms with Crippen LogP contribution in [0.1, 0.15) is 43.4 Å². The Bertz CT molecular complexity index is 1030. The summed E-state index contributed by atoms with van der Waals surface area (Å²) in [4.78, 5) is 44.3. The van der Waals surface area contributed by atoms with Crippen LogP contribution in [0.15, 0.2) is 60.7 Å². The van der Waals surface area contributed by atoms with Gasteiger partial charge in [-0.05, 0) is 51.0 Å². The molecule has 0 radical (unpaired) electrons. The van der Waals surface area contributed by atoms with E-state index in [2.05, 4.69) is 20.9 Å². The molecule has 3 amide bonds. The minimum atomic E-state index is -0.688. The predicted octanol–water partition coefficient (Wildman–Crippen LogP) is 2.35. The zero-order valence-electron chi connectivity index (χ0n) is 22.4. The number of hydrogen-bond donors (Lipinski definition) is 3. The maximum Gasteiger partial charge on any atom is 0.247 e. The molecule has 2 saturated heterocycles. The molecule has 0 aromatic heterocycles. The van der Waals surface area contributed by atoms with Crippen LogP contribution >= 0.6 is 12.4 Å². The molecule has 4 atom stereocenters. The lowest BCUT2D eigenvalue weighted by Crippen LogP contribution is -2.60. The average molecular weight is 542 g/mol. The van der Waals surface area contributed by atoms with Crippen molar-refractivity contribution in [2.24, 2.45) is 5.92 Å². The minimum Gasteiger partial charge on any atom is -0.343 e. The van der Waals surface area contributed by atoms with Crippen LogP contribution in [-0.4, -0.2) is 79.4 Å². The van der Waals surface area contributed by atoms with E-state index in [1.54, 1.807) is 11.9 Å². The third kappa shape index (κ3) is 6.92. The third-order valence-corrected chi connectivity index (χ3v) is 7.52. The fraction of sp³-hybridized carbons (Fsp3) is 0.483. The number of rotatable bonds is 8. The Kier molecular flexibility index (Phi) is 10.7. The van der Waals surface area contributed by atoms with Gasteiger partial charge in [0.25, 0.3) is 0 Å². The molecule has 2 fully saturated rings. The van der Waals surface area contributed by atoms with E-state index in [0.717, 1.165) is 30.5 Å². The average Bonchev–Trinajstić information content (AvgIpc) is 3.34. The summed E-state index contributed by atoms with van der Waals surface area (Å²) in [5, 5.41) is 9.23. The number of nitrogens with zero attached hydrogens (tertiary/aromatic N) is 2. The number of hydrogen-bond acceptors (Lipinski definition) is 5. The fourth-order valence-corrected chi connectivity index (χ4v) is 5.50. The van der Waals surface area contributed by atoms with Gasteiger partial charge < -0.3 is 25.8 Å². The lowest BCUT2D eigenvalue weighted by atomic mass is 9.98. The van der Waals surface area contributed by atoms with Gasteiger partial charge in [-0.15, -0.1) is 12.4 Å². The smallest absolute Gasteiger partial charge is 0.247 e. The SMILES string of the molecule is CNC[C@@H](C)C(=O)N[C@H]1CN(C)CC[C@H]2CC[C@@H](C(=O)NC(c3ccccc3)c3ccccc3)N2C1=O.Cl. The van der Waals surface area contributed by atoms with Crippen LogP contribution in [0.4, 0.5) is 0 Å². The molecule has 0 bridgehead atoms. The van der Waals surface area contributed by atoms with E-state index >= 15 is 0 Å². The Hall–Kier alpha value is -2.94. The molecule has 0 spiro atoms. The number of amides is 3. The minimum absolute atomic E-state index is 0. The fourth-order valence-electron chi connectivity index (χ4n) is 5.50. The van der Waals surface area contributed by atoms with E-state index < -0.39 is 12.1 Å². The maximum absolute atomic E-state index is 13.9. The third-order valence-electron chi connectivity index (χ3n) is 7.52. The quantitative estimate of drug-likeness (QED) is 0.477. The molecule has 0 aliphatic carbocycles. The first-order valence-electron chi connectivity index (χ1n) is 13.2. The second-order valence-corrected chi connectivity index (χ2v) is 10.3. The highest BCUT2D eigenvalue weighted by Crippen LogP contribution is 2.30. The van der Waals surface area contributed by atoms with Crippen LogP contribution in [0, 0.1) is 5.92 Å². The first-order chi connectivity index (χ1) is 17.9. The van der Waals surface area contributed by atoms with Gasteiger partial charge in [0, 0.05) is 25.0 Å². The molecule has 2 aliphatic heterocycles. The number of halogens is 1. The molecule has 9 heteroatoms. The predicted molar refractivity (Wildman–Crippen MR) is 151 cm³/mol. The largest absolute Gasteiger partial charge is 0.343 e. The van der Waals surface area contributed by atoms with Crippen LogP contribution in [0.25, 0.3) is 0 Å². The molecule has 2 aliphatic rings. The summed E-state index contributed by atoms with van der Waals surface area (Å²) in [5.74, 6) is -0.752. The first-order valence-corrected chi connectivity index (χ1v) is 13.2. The van der Waals surface area contributed by atoms with E-state index in [0.29, 0.717) is 19.5 Å². The summed E-state index contributed by atoms with van der Waals surface area (Å²) in [6.07, 6.45) is 2.19. The summed E-state index contributed by atoms with van der Waals surface area (Å²) >= 11 is 0. The molecule has 2 aromatic rings. The van der Waals surface area contributed by atoms with Crippen molar-refractivity contribution >= 4 is 30.1 Å². The van der Waals surface area contributed by atoms with Crippen molar-refractivity contribution in [1.29, 1.82) is 0 Å². The van der Waals surface area contributed by atoms with Gasteiger partial charge in [0.1, 0.15) is 12.1 Å². The van der Waals surface area contributed by atoms with Gasteiger partial charge in [0.15, 0.2) is 0 Å². The van der Waals surface area contributed by atoms with E-state index in [9.17, 15) is 14.4 Å². The van der Waals surface area contributed by atoms with Gasteiger partial charge in [0.2, 0.25) is 17.7 Å². The lowest BCUT2D eigenvalue weighted by Gasteiger charge is -2.38. The van der Waals surface area contributed by atoms with Crippen molar-refractivity contribution in [3.05, 3.63) is 71.8 Å². The monoisotopic (exact) mass is 541 g/mol. The lowest BCUT2D eigenvalue weighted by molar-refractivity contribution is -0.145. The number of nitrogens with one attached hydrogen (secondary N) is 3. The number of benzene rings is 2. The summed E-state index contributed by atoms with van der Waals surface area (Å²) in [6.45, 7) is 3.59. The maximum atomic E-state index is 13.9. The molecular weight excluding hydrogens is 502 g/mol. The van der Waals surface area contributed by atoms with Crippen LogP contribution in [-0.2, 0) is 14.4 Å². The number of carbonyl (C=O) groups excluding carboxylic acids is 3. The Morgan fingerprint density at radius 3 is 2.16 bits per heavy atom. The van der Waals surface area contributed by atoms with Gasteiger partial charge >= 0.3 is 0 Å². The molecule has 38 heavy (non-hydrogen) atoms. The van der Waals surface area contributed by atoms with Crippen LogP contribution in [0.5, 0.6) is 0 Å². The van der Waals surface area contributed by atoms with Gasteiger partial charge in [-0.25, -0.2) is 0 Å². The number of likely N-dealkylation sites (N-methyl/N-ethyl adjacent to an activating group) is 1. The van der Waals surface area contributed by atoms with E-state index in [-0.39, 0.29) is 48.1 Å². The van der Waals surface area contributed by atoms with E-state index in [1.807, 2.05) is 74.6 Å². The second kappa shape index (κ2) is 13.7. The summed E-state index contributed by atoms with van der Waals surface area (Å²) in [5.41, 5.74) is 1.97. The molecule has 206 valence electrons. The Balaban J connectivity index is 0.00000400. The van der Waals surface area contributed by atoms with Gasteiger partial charge in [-0.1, -0.05) is 67.6 Å². The van der Waals surface area contributed by atoms with Crippen molar-refractivity contribution in [3.63, 3.8) is 0 Å². The number of fused-ring (bicyclic) bond motifs is 1. The summed E-state index contributed by atoms with van der Waals surface area (Å²) in [6, 6.07) is 18.2. The highest BCUT2D eigenvalue weighted by molar-refractivity contribution is 5.93. The molecule has 2 aromatic carbocycles. The topological polar surface area (TPSA) is 93.8 Å². The van der Waals surface area contributed by atoms with Crippen molar-refractivity contribution < 1.29 is 14.4 Å². The second-order valence-electron chi connectivity index (χ2n) is 10.3. The Morgan fingerprint density at radius 1 is 0.974 bits per heavy atom. The molecule has 2 heterocycles. The zero-order valence-corrected chi connectivity index (χ0v) is 23.2. The number of carbonyl (C=O) groups is 3. The Morgan fingerprint density at radius 2 is 1.58 bits per heavy atom. The van der Waals surface area contributed by atoms with Gasteiger partial charge in [-0.2, -0.15) is 0 Å². The van der Waals surface area contributed by atoms with Gasteiger partial charge in [0.05, 0.1) is 6.04 Å². The van der Waals surface area contributed by atoms with Gasteiger partial charge in [-0.3, -0.25) is 14.4 Å². The van der Waals surface area contributed by atoms with Crippen LogP contribution < -0.4 is 16.0 Å². The van der Waals surface area contributed by atoms with Crippen molar-refractivity contribution in [2.75, 3.05) is 33.7 Å². The van der Waals surface area contributed by atoms with Crippen LogP contribution in [0.2, 0.25) is 0 Å². The van der Waals surface area contributed by atoms with Crippen molar-refractivity contribution in [3.8, 4) is 0 Å². The highest BCUT2D eigenvalue weighted by atomic mass is 35.5. The van der Waals surface area contributed by atoms with Crippen LogP contribution in [0.3, 0.4) is 0 Å². The molecule has 3 N–H and O–H groups in total. The van der Waals surface area contributed by atoms with E-state index in [1.165, 1.54) is 0 Å². The normalized spacial score (nSPS) is 22.6. The zero-order chi connectivity index (χ0) is 26.4. The molecule has 0 unspecified atom stereocenters. The van der Waals surface area contributed by atoms with E-state index in [4.69, 9.17) is 0 Å². The molecular formula is C29H40ClN5O3. The van der Waals surface area contributed by atoms with Crippen molar-refractivity contribution in [2.45, 2.75) is 50.4 Å². The van der Waals surface area contributed by atoms with Crippen molar-refractivity contribution in [1.82, 2.24) is 25.8 Å². The molecule has 4 rings (SSSR count). The first kappa shape index (κ1) is 29.6. The summed E-state index contributed by atoms with van der Waals surface area (Å²) in [7, 11) is 3.78. The Labute approximate surface area is 231 Å². The standard InChI is InChI=1S/C29H39N5O3.ClH/c1-20(18-30-2)27(35)31-24-19-33(3)17-16-23-14-15-25(34(23)29(24)37)28(36)32-26(21-10-6-4-7-11-21)22-12-8-5-9-13-22;/h4-13,20,23-26,30H,14-19H2,1-3H3,(H,31,35)(H,32,36);1H/t20-,23-,24+,25+;/m1./s1.